The molecule has 0 atom stereocenters. The molecule has 0 N–H and O–H groups in total. The molecule has 0 spiro atoms. The second kappa shape index (κ2) is 5.64. The summed E-state index contributed by atoms with van der Waals surface area (Å²) in [4.78, 5) is 0. The Balaban J connectivity index is 3.57. The first-order valence-corrected chi connectivity index (χ1v) is 22.5. The van der Waals surface area contributed by atoms with E-state index >= 15 is 0 Å². The number of rotatable bonds is 2. The van der Waals surface area contributed by atoms with Crippen molar-refractivity contribution in [3.05, 3.63) is 23.3 Å². The van der Waals surface area contributed by atoms with Crippen molar-refractivity contribution < 1.29 is 64.2 Å². The van der Waals surface area contributed by atoms with Crippen molar-refractivity contribution in [2.45, 2.75) is 0 Å². The monoisotopic (exact) mass is 622 g/mol. The molecule has 0 unspecified atom stereocenters. The summed E-state index contributed by atoms with van der Waals surface area (Å²) in [7, 11) is 11.0. The van der Waals surface area contributed by atoms with E-state index in [4.69, 9.17) is 16.5 Å². The van der Waals surface area contributed by atoms with Crippen molar-refractivity contribution in [2.24, 2.45) is 0 Å². The van der Waals surface area contributed by atoms with E-state index in [1.165, 1.54) is 0 Å². The SMILES string of the molecule is Fc1c(F)c(F)[c]([Hg][Cl])[c]([Hg][Cl])c1F. The summed E-state index contributed by atoms with van der Waals surface area (Å²) < 4.78 is 51.3. The van der Waals surface area contributed by atoms with Gasteiger partial charge in [-0.25, -0.2) is 0 Å². The molecule has 0 aliphatic heterocycles. The summed E-state index contributed by atoms with van der Waals surface area (Å²) in [6.07, 6.45) is 0. The molecular formula is C6Cl2F4Hg2. The minimum absolute atomic E-state index is 0.125. The standard InChI is InChI=1S/C6F4.2ClH.2Hg/c7-3-1-2-4(8)6(10)5(3)9;;;;/h;2*1H;;/q;;;2*+1/p-2. The van der Waals surface area contributed by atoms with Gasteiger partial charge in [-0.3, -0.25) is 0 Å². The van der Waals surface area contributed by atoms with E-state index < -0.39 is 69.9 Å². The normalized spacial score (nSPS) is 9.57. The molecule has 8 heteroatoms. The molecule has 0 radical (unpaired) electrons. The Hall–Kier alpha value is 1.39. The summed E-state index contributed by atoms with van der Waals surface area (Å²) in [5.74, 6) is -6.23. The van der Waals surface area contributed by atoms with Crippen LogP contribution in [0.4, 0.5) is 17.6 Å². The zero-order chi connectivity index (χ0) is 10.9. The van der Waals surface area contributed by atoms with E-state index in [0.717, 1.165) is 0 Å². The fraction of sp³-hybridized carbons (Fsp3) is 0. The third-order valence-electron chi connectivity index (χ3n) is 1.74. The zero-order valence-electron chi connectivity index (χ0n) is 6.68. The molecule has 0 bridgehead atoms. The third-order valence-corrected chi connectivity index (χ3v) is 21.8. The molecule has 1 aromatic carbocycles. The molecule has 0 nitrogen and oxygen atoms in total. The Morgan fingerprint density at radius 3 is 1.14 bits per heavy atom. The van der Waals surface area contributed by atoms with Crippen molar-refractivity contribution >= 4 is 22.6 Å². The van der Waals surface area contributed by atoms with Crippen LogP contribution >= 0.6 is 16.5 Å². The summed E-state index contributed by atoms with van der Waals surface area (Å²) in [5, 5.41) is 0. The van der Waals surface area contributed by atoms with Gasteiger partial charge in [0.05, 0.1) is 0 Å². The minimum atomic E-state index is -2.33. The fourth-order valence-electron chi connectivity index (χ4n) is 1.00. The average Bonchev–Trinajstić information content (AvgIpc) is 2.20. The molecule has 0 fully saturated rings. The predicted octanol–water partition coefficient (Wildman–Crippen LogP) is 1.97. The molecule has 14 heavy (non-hydrogen) atoms. The van der Waals surface area contributed by atoms with E-state index in [2.05, 4.69) is 0 Å². The molecular weight excluding hydrogens is 620 g/mol. The molecule has 0 aromatic heterocycles. The maximum atomic E-state index is 13.1. The van der Waals surface area contributed by atoms with Crippen molar-refractivity contribution in [1.29, 1.82) is 0 Å². The van der Waals surface area contributed by atoms with Gasteiger partial charge < -0.3 is 0 Å². The van der Waals surface area contributed by atoms with Gasteiger partial charge in [-0.15, -0.1) is 0 Å². The molecule has 0 aliphatic carbocycles. The van der Waals surface area contributed by atoms with Gasteiger partial charge in [-0.1, -0.05) is 0 Å². The van der Waals surface area contributed by atoms with Gasteiger partial charge in [0.15, 0.2) is 0 Å². The summed E-state index contributed by atoms with van der Waals surface area (Å²) in [6.45, 7) is 0. The number of hydrogen-bond donors (Lipinski definition) is 0. The van der Waals surface area contributed by atoms with Crippen molar-refractivity contribution in [3.63, 3.8) is 0 Å². The topological polar surface area (TPSA) is 0 Å². The first-order valence-electron chi connectivity index (χ1n) is 3.50. The van der Waals surface area contributed by atoms with Gasteiger partial charge in [0.25, 0.3) is 0 Å². The fourth-order valence-corrected chi connectivity index (χ4v) is 29.8. The van der Waals surface area contributed by atoms with Gasteiger partial charge >= 0.3 is 110 Å². The van der Waals surface area contributed by atoms with Crippen molar-refractivity contribution in [1.82, 2.24) is 0 Å². The van der Waals surface area contributed by atoms with Gasteiger partial charge in [-0.2, -0.15) is 0 Å². The van der Waals surface area contributed by atoms with Crippen LogP contribution in [0.2, 0.25) is 0 Å². The number of hydrogen-bond acceptors (Lipinski definition) is 0. The molecule has 70 valence electrons. The number of halogens is 6. The van der Waals surface area contributed by atoms with E-state index in [9.17, 15) is 17.6 Å². The van der Waals surface area contributed by atoms with Crippen LogP contribution in [0.5, 0.6) is 0 Å². The Morgan fingerprint density at radius 1 is 0.643 bits per heavy atom. The van der Waals surface area contributed by atoms with Crippen LogP contribution in [-0.4, -0.2) is 0 Å². The van der Waals surface area contributed by atoms with E-state index in [-0.39, 0.29) is 6.14 Å². The molecule has 0 saturated heterocycles. The van der Waals surface area contributed by atoms with Crippen LogP contribution < -0.4 is 6.14 Å². The summed E-state index contributed by atoms with van der Waals surface area (Å²) >= 11 is -4.67. The zero-order valence-corrected chi connectivity index (χ0v) is 19.2. The van der Waals surface area contributed by atoms with E-state index in [1.54, 1.807) is 0 Å². The first kappa shape index (κ1) is 13.5. The first-order chi connectivity index (χ1) is 6.54. The van der Waals surface area contributed by atoms with Crippen molar-refractivity contribution in [2.75, 3.05) is 0 Å². The molecule has 1 aromatic rings. The Labute approximate surface area is 109 Å². The van der Waals surface area contributed by atoms with Crippen LogP contribution in [0.25, 0.3) is 0 Å². The molecule has 0 aliphatic rings. The van der Waals surface area contributed by atoms with Crippen LogP contribution in [0.1, 0.15) is 0 Å². The van der Waals surface area contributed by atoms with Gasteiger partial charge in [0.1, 0.15) is 0 Å². The van der Waals surface area contributed by atoms with Crippen LogP contribution in [0, 0.1) is 23.3 Å². The number of benzene rings is 1. The summed E-state index contributed by atoms with van der Waals surface area (Å²) in [6, 6.07) is 0. The van der Waals surface area contributed by atoms with Crippen LogP contribution in [0.3, 0.4) is 0 Å². The Bertz CT molecular complexity index is 337. The van der Waals surface area contributed by atoms with Crippen LogP contribution in [0.15, 0.2) is 0 Å². The van der Waals surface area contributed by atoms with Gasteiger partial charge in [0.2, 0.25) is 0 Å². The van der Waals surface area contributed by atoms with Gasteiger partial charge in [-0.05, 0) is 0 Å². The van der Waals surface area contributed by atoms with Crippen molar-refractivity contribution in [3.8, 4) is 0 Å². The molecule has 0 amide bonds. The summed E-state index contributed by atoms with van der Waals surface area (Å²) in [5.41, 5.74) is 0. The molecule has 1 rings (SSSR count). The second-order valence-electron chi connectivity index (χ2n) is 2.48. The second-order valence-corrected chi connectivity index (χ2v) is 14.7. The maximum absolute atomic E-state index is 13.1. The van der Waals surface area contributed by atoms with E-state index in [0.29, 0.717) is 0 Å². The predicted molar refractivity (Wildman–Crippen MR) is 37.2 cm³/mol. The van der Waals surface area contributed by atoms with Crippen LogP contribution in [-0.2, 0) is 46.7 Å². The average molecular weight is 620 g/mol. The van der Waals surface area contributed by atoms with E-state index in [1.807, 2.05) is 0 Å². The van der Waals surface area contributed by atoms with Gasteiger partial charge in [0, 0.05) is 0 Å². The molecule has 0 heterocycles. The third kappa shape index (κ3) is 2.38. The Morgan fingerprint density at radius 2 is 0.929 bits per heavy atom. The Kier molecular flexibility index (Phi) is 5.42. The molecule has 0 saturated carbocycles. The quantitative estimate of drug-likeness (QED) is 0.206.